The van der Waals surface area contributed by atoms with Gasteiger partial charge in [-0.1, -0.05) is 12.1 Å². The first-order valence-corrected chi connectivity index (χ1v) is 6.48. The Labute approximate surface area is 104 Å². The van der Waals surface area contributed by atoms with Gasteiger partial charge in [0.2, 0.25) is 5.91 Å². The molecule has 0 spiro atoms. The minimum absolute atomic E-state index is 0.0853. The average Bonchev–Trinajstić information content (AvgIpc) is 2.98. The Kier molecular flexibility index (Phi) is 2.65. The fraction of sp³-hybridized carbons (Fsp3) is 0.231. The van der Waals surface area contributed by atoms with E-state index in [0.29, 0.717) is 11.7 Å². The Balaban J connectivity index is 1.62. The van der Waals surface area contributed by atoms with Crippen molar-refractivity contribution in [1.82, 2.24) is 4.98 Å². The molecule has 3 nitrogen and oxygen atoms in total. The van der Waals surface area contributed by atoms with Gasteiger partial charge in [-0.3, -0.25) is 4.79 Å². The first kappa shape index (κ1) is 10.5. The van der Waals surface area contributed by atoms with E-state index >= 15 is 0 Å². The number of thiophene rings is 1. The third kappa shape index (κ3) is 2.22. The van der Waals surface area contributed by atoms with Crippen molar-refractivity contribution in [3.05, 3.63) is 46.8 Å². The largest absolute Gasteiger partial charge is 0.310 e. The van der Waals surface area contributed by atoms with Crippen molar-refractivity contribution in [3.8, 4) is 0 Å². The van der Waals surface area contributed by atoms with Crippen LogP contribution in [0.2, 0.25) is 0 Å². The molecule has 86 valence electrons. The van der Waals surface area contributed by atoms with Crippen LogP contribution >= 0.6 is 11.3 Å². The Morgan fingerprint density at radius 2 is 2.29 bits per heavy atom. The number of hydrogen-bond acceptors (Lipinski definition) is 3. The Hall–Kier alpha value is -1.68. The maximum absolute atomic E-state index is 11.9. The lowest BCUT2D eigenvalue weighted by Crippen LogP contribution is -2.15. The molecule has 2 heterocycles. The molecule has 0 aliphatic heterocycles. The minimum atomic E-state index is 0.0853. The van der Waals surface area contributed by atoms with Gasteiger partial charge in [-0.25, -0.2) is 4.98 Å². The molecule has 1 fully saturated rings. The van der Waals surface area contributed by atoms with E-state index < -0.39 is 0 Å². The van der Waals surface area contributed by atoms with Crippen molar-refractivity contribution in [2.45, 2.75) is 12.3 Å². The van der Waals surface area contributed by atoms with E-state index in [1.807, 2.05) is 18.2 Å². The third-order valence-electron chi connectivity index (χ3n) is 2.95. The van der Waals surface area contributed by atoms with Crippen LogP contribution in [0.3, 0.4) is 0 Å². The summed E-state index contributed by atoms with van der Waals surface area (Å²) < 4.78 is 0. The number of amides is 1. The maximum atomic E-state index is 11.9. The highest BCUT2D eigenvalue weighted by Gasteiger charge is 2.44. The number of rotatable bonds is 3. The van der Waals surface area contributed by atoms with Crippen LogP contribution in [0.5, 0.6) is 0 Å². The second kappa shape index (κ2) is 4.30. The molecule has 2 unspecified atom stereocenters. The van der Waals surface area contributed by atoms with Crippen molar-refractivity contribution in [2.75, 3.05) is 5.32 Å². The number of anilines is 1. The topological polar surface area (TPSA) is 42.0 Å². The average molecular weight is 244 g/mol. The van der Waals surface area contributed by atoms with Crippen LogP contribution in [0, 0.1) is 5.92 Å². The summed E-state index contributed by atoms with van der Waals surface area (Å²) in [5, 5.41) is 4.91. The summed E-state index contributed by atoms with van der Waals surface area (Å²) in [6.45, 7) is 0. The Morgan fingerprint density at radius 3 is 3.00 bits per heavy atom. The maximum Gasteiger partial charge on any atom is 0.229 e. The lowest BCUT2D eigenvalue weighted by atomic mass is 10.2. The van der Waals surface area contributed by atoms with Gasteiger partial charge in [0.15, 0.2) is 0 Å². The number of pyridine rings is 1. The van der Waals surface area contributed by atoms with Gasteiger partial charge in [0.1, 0.15) is 5.82 Å². The molecule has 1 saturated carbocycles. The molecule has 1 amide bonds. The van der Waals surface area contributed by atoms with E-state index in [0.717, 1.165) is 6.42 Å². The van der Waals surface area contributed by atoms with E-state index in [9.17, 15) is 4.79 Å². The van der Waals surface area contributed by atoms with E-state index in [-0.39, 0.29) is 11.8 Å². The number of carbonyl (C=O) groups is 1. The lowest BCUT2D eigenvalue weighted by molar-refractivity contribution is -0.117. The molecular formula is C13H12N2OS. The first-order valence-electron chi connectivity index (χ1n) is 5.60. The molecule has 0 saturated heterocycles. The SMILES string of the molecule is O=C(Nc1ccccn1)C1CC1c1cccs1. The highest BCUT2D eigenvalue weighted by molar-refractivity contribution is 7.10. The van der Waals surface area contributed by atoms with Crippen LogP contribution in [0.1, 0.15) is 17.2 Å². The molecule has 0 radical (unpaired) electrons. The number of nitrogens with zero attached hydrogens (tertiary/aromatic N) is 1. The summed E-state index contributed by atoms with van der Waals surface area (Å²) in [7, 11) is 0. The third-order valence-corrected chi connectivity index (χ3v) is 3.96. The molecule has 2 aromatic heterocycles. The summed E-state index contributed by atoms with van der Waals surface area (Å²) in [6, 6.07) is 9.64. The van der Waals surface area contributed by atoms with Gasteiger partial charge in [0.05, 0.1) is 0 Å². The number of aromatic nitrogens is 1. The summed E-state index contributed by atoms with van der Waals surface area (Å²) in [5.41, 5.74) is 0. The zero-order valence-corrected chi connectivity index (χ0v) is 9.98. The fourth-order valence-corrected chi connectivity index (χ4v) is 2.86. The van der Waals surface area contributed by atoms with E-state index in [1.54, 1.807) is 23.6 Å². The highest BCUT2D eigenvalue weighted by Crippen LogP contribution is 2.49. The number of hydrogen-bond donors (Lipinski definition) is 1. The zero-order valence-electron chi connectivity index (χ0n) is 9.17. The molecule has 1 N–H and O–H groups in total. The van der Waals surface area contributed by atoms with Gasteiger partial charge < -0.3 is 5.32 Å². The zero-order chi connectivity index (χ0) is 11.7. The molecule has 4 heteroatoms. The minimum Gasteiger partial charge on any atom is -0.310 e. The predicted octanol–water partition coefficient (Wildman–Crippen LogP) is 2.89. The molecule has 1 aliphatic rings. The quantitative estimate of drug-likeness (QED) is 0.902. The standard InChI is InChI=1S/C13H12N2OS/c16-13(15-12-5-1-2-6-14-12)10-8-9(10)11-4-3-7-17-11/h1-7,9-10H,8H2,(H,14,15,16). The van der Waals surface area contributed by atoms with Crippen LogP contribution < -0.4 is 5.32 Å². The molecule has 0 aromatic carbocycles. The Morgan fingerprint density at radius 1 is 1.35 bits per heavy atom. The van der Waals surface area contributed by atoms with Crippen molar-refractivity contribution in [1.29, 1.82) is 0 Å². The summed E-state index contributed by atoms with van der Waals surface area (Å²) in [4.78, 5) is 17.3. The van der Waals surface area contributed by atoms with Crippen molar-refractivity contribution >= 4 is 23.1 Å². The summed E-state index contributed by atoms with van der Waals surface area (Å²) in [6.07, 6.45) is 2.64. The van der Waals surface area contributed by atoms with E-state index in [4.69, 9.17) is 0 Å². The first-order chi connectivity index (χ1) is 8.34. The molecule has 0 bridgehead atoms. The van der Waals surface area contributed by atoms with Crippen LogP contribution in [0.15, 0.2) is 41.9 Å². The predicted molar refractivity (Wildman–Crippen MR) is 68.0 cm³/mol. The number of carbonyl (C=O) groups excluding carboxylic acids is 1. The van der Waals surface area contributed by atoms with Gasteiger partial charge in [-0.2, -0.15) is 0 Å². The highest BCUT2D eigenvalue weighted by atomic mass is 32.1. The summed E-state index contributed by atoms with van der Waals surface area (Å²) >= 11 is 1.73. The van der Waals surface area contributed by atoms with Gasteiger partial charge in [0, 0.05) is 22.9 Å². The van der Waals surface area contributed by atoms with E-state index in [1.165, 1.54) is 4.88 Å². The molecule has 2 atom stereocenters. The van der Waals surface area contributed by atoms with Crippen LogP contribution in [-0.4, -0.2) is 10.9 Å². The molecule has 3 rings (SSSR count). The van der Waals surface area contributed by atoms with Crippen LogP contribution in [0.4, 0.5) is 5.82 Å². The van der Waals surface area contributed by atoms with Crippen LogP contribution in [-0.2, 0) is 4.79 Å². The second-order valence-electron chi connectivity index (χ2n) is 4.17. The van der Waals surface area contributed by atoms with Gasteiger partial charge >= 0.3 is 0 Å². The van der Waals surface area contributed by atoms with Crippen molar-refractivity contribution in [3.63, 3.8) is 0 Å². The molecule has 1 aliphatic carbocycles. The van der Waals surface area contributed by atoms with Gasteiger partial charge in [-0.15, -0.1) is 11.3 Å². The Bertz CT molecular complexity index is 509. The smallest absolute Gasteiger partial charge is 0.229 e. The molecular weight excluding hydrogens is 232 g/mol. The van der Waals surface area contributed by atoms with E-state index in [2.05, 4.69) is 21.7 Å². The lowest BCUT2D eigenvalue weighted by Gasteiger charge is -2.02. The monoisotopic (exact) mass is 244 g/mol. The fourth-order valence-electron chi connectivity index (χ4n) is 1.96. The summed E-state index contributed by atoms with van der Waals surface area (Å²) in [5.74, 6) is 1.26. The second-order valence-corrected chi connectivity index (χ2v) is 5.15. The van der Waals surface area contributed by atoms with Gasteiger partial charge in [-0.05, 0) is 30.0 Å². The molecule has 17 heavy (non-hydrogen) atoms. The normalized spacial score (nSPS) is 22.1. The number of nitrogens with one attached hydrogen (secondary N) is 1. The van der Waals surface area contributed by atoms with Crippen molar-refractivity contribution in [2.24, 2.45) is 5.92 Å². The molecule has 2 aromatic rings. The van der Waals surface area contributed by atoms with Crippen molar-refractivity contribution < 1.29 is 4.79 Å². The van der Waals surface area contributed by atoms with Gasteiger partial charge in [0.25, 0.3) is 0 Å². The van der Waals surface area contributed by atoms with Crippen LogP contribution in [0.25, 0.3) is 0 Å².